The predicted octanol–water partition coefficient (Wildman–Crippen LogP) is 4.99. The van der Waals surface area contributed by atoms with Crippen LogP contribution < -0.4 is 10.1 Å². The van der Waals surface area contributed by atoms with Crippen LogP contribution in [0, 0.1) is 0 Å². The second kappa shape index (κ2) is 7.01. The largest absolute Gasteiger partial charge is 0.331 e. The molecule has 122 valence electrons. The summed E-state index contributed by atoms with van der Waals surface area (Å²) >= 11 is 7.07. The lowest BCUT2D eigenvalue weighted by atomic mass is 10.3. The highest BCUT2D eigenvalue weighted by Crippen LogP contribution is 2.20. The van der Waals surface area contributed by atoms with E-state index in [1.54, 1.807) is 11.3 Å². The lowest BCUT2D eigenvalue weighted by Gasteiger charge is -2.06. The predicted molar refractivity (Wildman–Crippen MR) is 109 cm³/mol. The third kappa shape index (κ3) is 3.38. The number of thiocarbonyl (C=S) groups is 1. The summed E-state index contributed by atoms with van der Waals surface area (Å²) in [5.41, 5.74) is 3.13. The highest BCUT2D eigenvalue weighted by atomic mass is 32.1. The molecule has 0 spiro atoms. The molecule has 3 nitrogen and oxygen atoms in total. The molecule has 1 heterocycles. The van der Waals surface area contributed by atoms with Crippen LogP contribution in [0.5, 0.6) is 0 Å². The highest BCUT2D eigenvalue weighted by Gasteiger charge is 2.08. The zero-order valence-electron chi connectivity index (χ0n) is 13.3. The van der Waals surface area contributed by atoms with E-state index in [0.717, 1.165) is 21.7 Å². The fourth-order valence-corrected chi connectivity index (χ4v) is 3.94. The molecule has 0 saturated heterocycles. The number of aromatic nitrogens is 1. The molecule has 0 fully saturated rings. The molecule has 0 aliphatic heterocycles. The van der Waals surface area contributed by atoms with Gasteiger partial charge in [-0.1, -0.05) is 59.9 Å². The second-order valence-corrected chi connectivity index (χ2v) is 6.83. The van der Waals surface area contributed by atoms with Gasteiger partial charge in [0.2, 0.25) is 0 Å². The van der Waals surface area contributed by atoms with E-state index in [9.17, 15) is 0 Å². The van der Waals surface area contributed by atoms with Gasteiger partial charge in [-0.05, 0) is 48.6 Å². The Morgan fingerprint density at radius 1 is 0.840 bits per heavy atom. The van der Waals surface area contributed by atoms with Crippen molar-refractivity contribution in [1.29, 1.82) is 0 Å². The molecule has 4 rings (SSSR count). The van der Waals surface area contributed by atoms with Gasteiger partial charge in [0.15, 0.2) is 9.91 Å². The Labute approximate surface area is 154 Å². The van der Waals surface area contributed by atoms with Crippen molar-refractivity contribution in [3.8, 4) is 5.69 Å². The number of rotatable bonds is 2. The highest BCUT2D eigenvalue weighted by molar-refractivity contribution is 7.80. The van der Waals surface area contributed by atoms with E-state index in [1.165, 1.54) is 4.70 Å². The Bertz CT molecular complexity index is 1080. The van der Waals surface area contributed by atoms with Crippen LogP contribution in [0.2, 0.25) is 0 Å². The molecule has 4 aromatic rings. The first kappa shape index (κ1) is 15.7. The SMILES string of the molecule is S=C(N=c1sc2ccccc2n1-c1ccccc1)Nc1ccccc1. The van der Waals surface area contributed by atoms with E-state index < -0.39 is 0 Å². The Morgan fingerprint density at radius 2 is 1.48 bits per heavy atom. The molecule has 0 bridgehead atoms. The molecule has 1 N–H and O–H groups in total. The summed E-state index contributed by atoms with van der Waals surface area (Å²) in [6.07, 6.45) is 0. The van der Waals surface area contributed by atoms with Crippen LogP contribution in [0.25, 0.3) is 15.9 Å². The lowest BCUT2D eigenvalue weighted by Crippen LogP contribution is -2.17. The number of hydrogen-bond donors (Lipinski definition) is 1. The second-order valence-electron chi connectivity index (χ2n) is 5.43. The zero-order valence-corrected chi connectivity index (χ0v) is 14.9. The molecular weight excluding hydrogens is 346 g/mol. The first-order valence-electron chi connectivity index (χ1n) is 7.88. The van der Waals surface area contributed by atoms with Crippen molar-refractivity contribution in [2.24, 2.45) is 4.99 Å². The van der Waals surface area contributed by atoms with Gasteiger partial charge in [0, 0.05) is 11.4 Å². The number of anilines is 1. The molecule has 25 heavy (non-hydrogen) atoms. The Balaban J connectivity index is 1.82. The molecule has 1 aromatic heterocycles. The minimum Gasteiger partial charge on any atom is -0.331 e. The van der Waals surface area contributed by atoms with Crippen LogP contribution in [0.4, 0.5) is 5.69 Å². The quantitative estimate of drug-likeness (QED) is 0.510. The molecule has 3 aromatic carbocycles. The van der Waals surface area contributed by atoms with Crippen LogP contribution >= 0.6 is 23.6 Å². The van der Waals surface area contributed by atoms with Gasteiger partial charge in [-0.25, -0.2) is 0 Å². The van der Waals surface area contributed by atoms with Crippen molar-refractivity contribution in [3.63, 3.8) is 0 Å². The van der Waals surface area contributed by atoms with E-state index in [4.69, 9.17) is 12.2 Å². The van der Waals surface area contributed by atoms with Gasteiger partial charge >= 0.3 is 0 Å². The number of fused-ring (bicyclic) bond motifs is 1. The smallest absolute Gasteiger partial charge is 0.199 e. The summed E-state index contributed by atoms with van der Waals surface area (Å²) in [6.45, 7) is 0. The number of hydrogen-bond acceptors (Lipinski definition) is 2. The van der Waals surface area contributed by atoms with E-state index in [-0.39, 0.29) is 0 Å². The van der Waals surface area contributed by atoms with E-state index in [2.05, 4.69) is 39.1 Å². The summed E-state index contributed by atoms with van der Waals surface area (Å²) in [5, 5.41) is 3.62. The third-order valence-corrected chi connectivity index (χ3v) is 4.95. The number of para-hydroxylation sites is 3. The molecule has 0 atom stereocenters. The van der Waals surface area contributed by atoms with Crippen molar-refractivity contribution in [1.82, 2.24) is 4.57 Å². The number of thiazole rings is 1. The average Bonchev–Trinajstić information content (AvgIpc) is 3.01. The maximum atomic E-state index is 5.45. The van der Waals surface area contributed by atoms with Crippen molar-refractivity contribution < 1.29 is 0 Å². The van der Waals surface area contributed by atoms with Crippen LogP contribution in [-0.2, 0) is 0 Å². The van der Waals surface area contributed by atoms with Crippen molar-refractivity contribution in [3.05, 3.63) is 89.7 Å². The van der Waals surface area contributed by atoms with Crippen LogP contribution in [0.1, 0.15) is 0 Å². The molecule has 0 unspecified atom stereocenters. The molecule has 0 radical (unpaired) electrons. The minimum absolute atomic E-state index is 0.447. The van der Waals surface area contributed by atoms with Crippen LogP contribution in [0.15, 0.2) is 89.9 Å². The van der Waals surface area contributed by atoms with E-state index in [1.807, 2.05) is 60.7 Å². The van der Waals surface area contributed by atoms with Gasteiger partial charge in [-0.2, -0.15) is 4.99 Å². The normalized spacial score (nSPS) is 11.6. The monoisotopic (exact) mass is 361 g/mol. The summed E-state index contributed by atoms with van der Waals surface area (Å²) in [5.74, 6) is 0. The molecule has 0 saturated carbocycles. The third-order valence-electron chi connectivity index (χ3n) is 3.74. The fourth-order valence-electron chi connectivity index (χ4n) is 2.63. The number of benzene rings is 3. The Kier molecular flexibility index (Phi) is 4.41. The van der Waals surface area contributed by atoms with Crippen LogP contribution in [-0.4, -0.2) is 9.68 Å². The van der Waals surface area contributed by atoms with Crippen LogP contribution in [0.3, 0.4) is 0 Å². The Hall–Kier alpha value is -2.76. The summed E-state index contributed by atoms with van der Waals surface area (Å²) in [4.78, 5) is 5.52. The van der Waals surface area contributed by atoms with Gasteiger partial charge in [0.1, 0.15) is 0 Å². The first-order valence-corrected chi connectivity index (χ1v) is 9.10. The van der Waals surface area contributed by atoms with Gasteiger partial charge in [0.25, 0.3) is 0 Å². The number of nitrogens with zero attached hydrogens (tertiary/aromatic N) is 2. The molecule has 0 aliphatic rings. The van der Waals surface area contributed by atoms with Gasteiger partial charge in [-0.15, -0.1) is 0 Å². The Morgan fingerprint density at radius 3 is 2.24 bits per heavy atom. The lowest BCUT2D eigenvalue weighted by molar-refractivity contribution is 1.05. The van der Waals surface area contributed by atoms with Gasteiger partial charge in [-0.3, -0.25) is 4.57 Å². The van der Waals surface area contributed by atoms with Crippen molar-refractivity contribution in [2.45, 2.75) is 0 Å². The molecular formula is C20H15N3S2. The summed E-state index contributed by atoms with van der Waals surface area (Å²) < 4.78 is 3.31. The van der Waals surface area contributed by atoms with Crippen molar-refractivity contribution >= 4 is 44.6 Å². The molecule has 0 amide bonds. The molecule has 5 heteroatoms. The zero-order chi connectivity index (χ0) is 17.1. The summed E-state index contributed by atoms with van der Waals surface area (Å²) in [7, 11) is 0. The van der Waals surface area contributed by atoms with E-state index >= 15 is 0 Å². The van der Waals surface area contributed by atoms with E-state index in [0.29, 0.717) is 5.11 Å². The van der Waals surface area contributed by atoms with Gasteiger partial charge < -0.3 is 5.32 Å². The van der Waals surface area contributed by atoms with Crippen molar-refractivity contribution in [2.75, 3.05) is 5.32 Å². The fraction of sp³-hybridized carbons (Fsp3) is 0. The topological polar surface area (TPSA) is 29.3 Å². The molecule has 0 aliphatic carbocycles. The average molecular weight is 361 g/mol. The summed E-state index contributed by atoms with van der Waals surface area (Å²) in [6, 6.07) is 28.3. The maximum absolute atomic E-state index is 5.45. The number of nitrogens with one attached hydrogen (secondary N) is 1. The minimum atomic E-state index is 0.447. The standard InChI is InChI=1S/C20H15N3S2/c24-19(21-15-9-3-1-4-10-15)22-20-23(16-11-5-2-6-12-16)17-13-7-8-14-18(17)25-20/h1-14H,(H,21,24). The maximum Gasteiger partial charge on any atom is 0.199 e. The van der Waals surface area contributed by atoms with Gasteiger partial charge in [0.05, 0.1) is 10.2 Å². The first-order chi connectivity index (χ1) is 12.3.